The molecule has 0 radical (unpaired) electrons. The molecule has 4 rings (SSSR count). The van der Waals surface area contributed by atoms with Crippen LogP contribution in [0.4, 0.5) is 15.0 Å². The highest BCUT2D eigenvalue weighted by Crippen LogP contribution is 2.39. The number of nitrogens with one attached hydrogen (secondary N) is 2. The Kier molecular flexibility index (Phi) is 6.51. The van der Waals surface area contributed by atoms with Crippen LogP contribution >= 0.6 is 0 Å². The van der Waals surface area contributed by atoms with Gasteiger partial charge in [0.2, 0.25) is 0 Å². The molecule has 2 aliphatic rings. The van der Waals surface area contributed by atoms with Crippen LogP contribution in [0.15, 0.2) is 41.7 Å². The first kappa shape index (κ1) is 22.2. The predicted molar refractivity (Wildman–Crippen MR) is 108 cm³/mol. The van der Waals surface area contributed by atoms with Crippen molar-refractivity contribution < 1.29 is 28.6 Å². The van der Waals surface area contributed by atoms with E-state index < -0.39 is 36.9 Å². The monoisotopic (exact) mass is 434 g/mol. The van der Waals surface area contributed by atoms with E-state index in [9.17, 15) is 9.59 Å². The van der Waals surface area contributed by atoms with Gasteiger partial charge in [0.25, 0.3) is 5.91 Å². The topological polar surface area (TPSA) is 162 Å². The normalized spacial score (nSPS) is 26.3. The molecule has 166 valence electrons. The Bertz CT molecular complexity index is 968. The van der Waals surface area contributed by atoms with Gasteiger partial charge in [-0.1, -0.05) is 25.1 Å². The van der Waals surface area contributed by atoms with Gasteiger partial charge in [-0.15, -0.1) is 0 Å². The van der Waals surface area contributed by atoms with E-state index in [0.29, 0.717) is 23.5 Å². The molecular formula is C19H23FN6O5. The van der Waals surface area contributed by atoms with Gasteiger partial charge in [-0.2, -0.15) is 0 Å². The average Bonchev–Trinajstić information content (AvgIpc) is 3.30. The molecule has 1 amide bonds. The van der Waals surface area contributed by atoms with Gasteiger partial charge in [-0.3, -0.25) is 9.36 Å². The minimum atomic E-state index is -1.73. The number of aromatic nitrogens is 2. The highest BCUT2D eigenvalue weighted by atomic mass is 19.1. The Balaban J connectivity index is 0.00000272. The fourth-order valence-corrected chi connectivity index (χ4v) is 3.57. The first-order valence-corrected chi connectivity index (χ1v) is 9.39. The van der Waals surface area contributed by atoms with Crippen LogP contribution < -0.4 is 16.8 Å². The minimum Gasteiger partial charge on any atom is -0.450 e. The van der Waals surface area contributed by atoms with Gasteiger partial charge < -0.3 is 31.4 Å². The summed E-state index contributed by atoms with van der Waals surface area (Å²) < 4.78 is 26.9. The second-order valence-electron chi connectivity index (χ2n) is 6.82. The van der Waals surface area contributed by atoms with Crippen molar-refractivity contribution in [2.45, 2.75) is 44.1 Å². The number of hydrogen-bond acceptors (Lipinski definition) is 8. The third kappa shape index (κ3) is 4.20. The molecule has 11 nitrogen and oxygen atoms in total. The average molecular weight is 434 g/mol. The highest BCUT2D eigenvalue weighted by molar-refractivity contribution is 5.94. The van der Waals surface area contributed by atoms with Crippen LogP contribution in [-0.4, -0.2) is 51.4 Å². The summed E-state index contributed by atoms with van der Waals surface area (Å²) in [6.45, 7) is 1.75. The Morgan fingerprint density at radius 1 is 1.35 bits per heavy atom. The molecule has 3 heterocycles. The third-order valence-electron chi connectivity index (χ3n) is 4.99. The van der Waals surface area contributed by atoms with E-state index >= 15 is 4.39 Å². The van der Waals surface area contributed by atoms with Crippen molar-refractivity contribution in [1.29, 1.82) is 0 Å². The maximum atomic E-state index is 15.0. The second kappa shape index (κ2) is 9.10. The second-order valence-corrected chi connectivity index (χ2v) is 6.82. The lowest BCUT2D eigenvalue weighted by Crippen LogP contribution is -2.33. The number of nitrogens with zero attached hydrogens (tertiary/aromatic N) is 3. The number of rotatable bonds is 5. The fraction of sp³-hybridized carbons (Fsp3) is 0.368. The number of fused-ring (bicyclic) bond motifs is 1. The number of amides is 1. The first-order valence-electron chi connectivity index (χ1n) is 9.39. The van der Waals surface area contributed by atoms with Crippen molar-refractivity contribution in [3.63, 3.8) is 0 Å². The van der Waals surface area contributed by atoms with Crippen LogP contribution in [0.3, 0.4) is 0 Å². The van der Waals surface area contributed by atoms with Crippen LogP contribution in [0, 0.1) is 0 Å². The van der Waals surface area contributed by atoms with Crippen molar-refractivity contribution in [2.24, 2.45) is 4.99 Å². The highest BCUT2D eigenvalue weighted by Gasteiger charge is 2.49. The van der Waals surface area contributed by atoms with E-state index in [4.69, 9.17) is 14.6 Å². The fourth-order valence-electron chi connectivity index (χ4n) is 3.57. The molecule has 0 aliphatic carbocycles. The number of ether oxygens (including phenoxy) is 2. The molecule has 31 heavy (non-hydrogen) atoms. The number of carboxylic acid groups (broad SMARTS) is 1. The lowest BCUT2D eigenvalue weighted by atomic mass is 10.1. The number of carbonyl (C=O) groups is 2. The van der Waals surface area contributed by atoms with E-state index in [-0.39, 0.29) is 12.1 Å². The number of benzene rings is 1. The number of alkyl halides is 1. The smallest absolute Gasteiger partial charge is 0.450 e. The number of hydrogen-bond donors (Lipinski definition) is 4. The van der Waals surface area contributed by atoms with Crippen LogP contribution in [-0.2, 0) is 9.47 Å². The van der Waals surface area contributed by atoms with E-state index in [2.05, 4.69) is 20.6 Å². The maximum Gasteiger partial charge on any atom is 0.506 e. The predicted octanol–water partition coefficient (Wildman–Crippen LogP) is 2.64. The summed E-state index contributed by atoms with van der Waals surface area (Å²) in [5.74, 6) is 0.0587. The maximum absolute atomic E-state index is 15.0. The molecule has 0 spiro atoms. The number of imidazole rings is 1. The Labute approximate surface area is 176 Å². The number of carbonyl (C=O) groups excluding carboxylic acids is 1. The largest absolute Gasteiger partial charge is 0.506 e. The summed E-state index contributed by atoms with van der Waals surface area (Å²) in [7, 11) is 0. The zero-order chi connectivity index (χ0) is 21.3. The Hall–Kier alpha value is -3.51. The first-order chi connectivity index (χ1) is 14.5. The van der Waals surface area contributed by atoms with E-state index in [0.717, 1.165) is 0 Å². The number of anilines is 1. The molecule has 1 aromatic carbocycles. The van der Waals surface area contributed by atoms with Crippen molar-refractivity contribution in [1.82, 2.24) is 21.0 Å². The number of halogens is 1. The summed E-state index contributed by atoms with van der Waals surface area (Å²) in [6, 6.07) is 8.65. The zero-order valence-corrected chi connectivity index (χ0v) is 16.6. The van der Waals surface area contributed by atoms with E-state index in [1.54, 1.807) is 37.3 Å². The Morgan fingerprint density at radius 3 is 2.77 bits per heavy atom. The van der Waals surface area contributed by atoms with Gasteiger partial charge in [0, 0.05) is 5.56 Å². The number of aliphatic imine (C=N–C) groups is 1. The molecular weight excluding hydrogens is 411 g/mol. The molecule has 1 unspecified atom stereocenters. The summed E-state index contributed by atoms with van der Waals surface area (Å²) >= 11 is 0. The zero-order valence-electron chi connectivity index (χ0n) is 16.6. The van der Waals surface area contributed by atoms with E-state index in [1.807, 2.05) is 0 Å². The minimum absolute atomic E-state index is 0. The van der Waals surface area contributed by atoms with Crippen molar-refractivity contribution in [3.05, 3.63) is 47.9 Å². The van der Waals surface area contributed by atoms with Crippen LogP contribution in [0.25, 0.3) is 0 Å². The van der Waals surface area contributed by atoms with Gasteiger partial charge in [0.1, 0.15) is 17.6 Å². The Morgan fingerprint density at radius 2 is 2.10 bits per heavy atom. The van der Waals surface area contributed by atoms with Crippen molar-refractivity contribution in [2.75, 3.05) is 5.32 Å². The molecule has 2 aliphatic heterocycles. The van der Waals surface area contributed by atoms with Gasteiger partial charge in [-0.25, -0.2) is 19.2 Å². The lowest BCUT2D eigenvalue weighted by Gasteiger charge is -2.22. The molecule has 1 saturated heterocycles. The van der Waals surface area contributed by atoms with Gasteiger partial charge in [0.15, 0.2) is 24.7 Å². The molecule has 1 fully saturated rings. The quantitative estimate of drug-likeness (QED) is 0.522. The molecule has 6 N–H and O–H groups in total. The molecule has 5 atom stereocenters. The summed E-state index contributed by atoms with van der Waals surface area (Å²) in [6.07, 6.45) is -4.08. The van der Waals surface area contributed by atoms with E-state index in [1.165, 1.54) is 17.2 Å². The third-order valence-corrected chi connectivity index (χ3v) is 4.99. The molecule has 0 saturated carbocycles. The van der Waals surface area contributed by atoms with Gasteiger partial charge in [0.05, 0.1) is 12.7 Å². The van der Waals surface area contributed by atoms with Gasteiger partial charge >= 0.3 is 6.16 Å². The van der Waals surface area contributed by atoms with Gasteiger partial charge in [-0.05, 0) is 18.6 Å². The summed E-state index contributed by atoms with van der Waals surface area (Å²) in [4.78, 5) is 31.9. The van der Waals surface area contributed by atoms with Crippen LogP contribution in [0.1, 0.15) is 41.8 Å². The van der Waals surface area contributed by atoms with Crippen molar-refractivity contribution >= 4 is 24.2 Å². The van der Waals surface area contributed by atoms with Crippen molar-refractivity contribution in [3.8, 4) is 0 Å². The van der Waals surface area contributed by atoms with Crippen LogP contribution in [0.5, 0.6) is 0 Å². The molecule has 12 heteroatoms. The molecule has 0 bridgehead atoms. The molecule has 1 aromatic heterocycles. The summed E-state index contributed by atoms with van der Waals surface area (Å²) in [5, 5.41) is 14.6. The van der Waals surface area contributed by atoms with Crippen LogP contribution in [0.2, 0.25) is 0 Å². The lowest BCUT2D eigenvalue weighted by molar-refractivity contribution is -0.0308. The standard InChI is InChI=1S/C19H20FN5O5.H3N/c1-2-11-14(30-19(27)28)12(20)18(29-11)25-9-23-13-15(21-8-22-16(13)25)24-17(26)10-6-4-3-5-7-10;/h3-9,11-12,14-15,18H,2H2,1H3,(H,21,22)(H,24,26)(H,27,28);1H3/t11-,12+,14+,15?,18-;/m1./s1. The molecule has 2 aromatic rings. The summed E-state index contributed by atoms with van der Waals surface area (Å²) in [5.41, 5.74) is 0.850. The SMILES string of the molecule is CC[C@H]1O[C@@H](n2cnc3c2NC=NC3NC(=O)c2ccccc2)[C@@H](F)[C@H]1OC(=O)O.N.